The van der Waals surface area contributed by atoms with Gasteiger partial charge in [-0.3, -0.25) is 4.79 Å². The van der Waals surface area contributed by atoms with Gasteiger partial charge in [-0.05, 0) is 31.4 Å². The minimum Gasteiger partial charge on any atom is -0.360 e. The average molecular weight is 329 g/mol. The molecule has 24 heavy (non-hydrogen) atoms. The zero-order valence-corrected chi connectivity index (χ0v) is 15.2. The fourth-order valence-corrected chi connectivity index (χ4v) is 3.02. The van der Waals surface area contributed by atoms with Crippen molar-refractivity contribution in [1.29, 1.82) is 5.26 Å². The van der Waals surface area contributed by atoms with Crippen LogP contribution in [0.25, 0.3) is 0 Å². The van der Waals surface area contributed by atoms with Crippen LogP contribution in [0.15, 0.2) is 24.3 Å². The zero-order valence-electron chi connectivity index (χ0n) is 15.2. The van der Waals surface area contributed by atoms with E-state index < -0.39 is 5.54 Å². The number of nitrogens with zero attached hydrogens (tertiary/aromatic N) is 2. The largest absolute Gasteiger partial charge is 0.360 e. The third-order valence-corrected chi connectivity index (χ3v) is 5.12. The maximum Gasteiger partial charge on any atom is 0.276 e. The molecule has 0 bridgehead atoms. The second kappa shape index (κ2) is 7.67. The molecule has 2 N–H and O–H groups in total. The molecule has 130 valence electrons. The first-order valence-corrected chi connectivity index (χ1v) is 8.72. The lowest BCUT2D eigenvalue weighted by atomic mass is 9.90. The number of benzene rings is 1. The topological polar surface area (TPSA) is 60.6 Å². The second-order valence-corrected chi connectivity index (χ2v) is 7.22. The summed E-state index contributed by atoms with van der Waals surface area (Å²) in [4.78, 5) is 16.0. The Balaban J connectivity index is 1.86. The Hall–Kier alpha value is -2.06. The molecule has 1 aromatic rings. The van der Waals surface area contributed by atoms with Gasteiger partial charge in [0.25, 0.3) is 5.91 Å². The van der Waals surface area contributed by atoms with E-state index in [0.717, 1.165) is 26.2 Å². The van der Waals surface area contributed by atoms with Crippen molar-refractivity contribution in [2.24, 2.45) is 5.92 Å². The molecule has 1 fully saturated rings. The Morgan fingerprint density at radius 2 is 2.00 bits per heavy atom. The molecule has 1 aliphatic heterocycles. The smallest absolute Gasteiger partial charge is 0.276 e. The summed E-state index contributed by atoms with van der Waals surface area (Å²) < 4.78 is 0. The van der Waals surface area contributed by atoms with Crippen molar-refractivity contribution in [2.75, 3.05) is 37.6 Å². The number of piperazine rings is 1. The van der Waals surface area contributed by atoms with Gasteiger partial charge in [0.1, 0.15) is 5.54 Å². The Kier molecular flexibility index (Phi) is 5.84. The molecule has 0 unspecified atom stereocenters. The third kappa shape index (κ3) is 4.27. The number of carbonyl (C=O) groups excluding carboxylic acids is 1. The normalized spacial score (nSPS) is 18.1. The molecule has 0 aromatic heterocycles. The van der Waals surface area contributed by atoms with Crippen LogP contribution >= 0.6 is 0 Å². The van der Waals surface area contributed by atoms with E-state index in [1.54, 1.807) is 6.92 Å². The number of hydrogen-bond acceptors (Lipinski definition) is 3. The van der Waals surface area contributed by atoms with E-state index in [0.29, 0.717) is 6.54 Å². The first kappa shape index (κ1) is 18.3. The molecule has 2 rings (SSSR count). The molecule has 1 aromatic carbocycles. The predicted molar refractivity (Wildman–Crippen MR) is 96.0 cm³/mol. The van der Waals surface area contributed by atoms with Gasteiger partial charge in [0.2, 0.25) is 0 Å². The van der Waals surface area contributed by atoms with Gasteiger partial charge in [-0.1, -0.05) is 32.0 Å². The van der Waals surface area contributed by atoms with E-state index in [-0.39, 0.29) is 11.8 Å². The number of nitrogens with one attached hydrogen (secondary N) is 2. The van der Waals surface area contributed by atoms with Gasteiger partial charge < -0.3 is 15.1 Å². The van der Waals surface area contributed by atoms with E-state index in [1.165, 1.54) is 16.2 Å². The van der Waals surface area contributed by atoms with E-state index in [1.807, 2.05) is 13.8 Å². The molecule has 1 saturated heterocycles. The highest BCUT2D eigenvalue weighted by Gasteiger charge is 2.32. The number of anilines is 1. The Morgan fingerprint density at radius 1 is 1.38 bits per heavy atom. The van der Waals surface area contributed by atoms with Crippen LogP contribution in [-0.2, 0) is 4.79 Å². The number of amides is 1. The monoisotopic (exact) mass is 329 g/mol. The predicted octanol–water partition coefficient (Wildman–Crippen LogP) is 0.754. The summed E-state index contributed by atoms with van der Waals surface area (Å²) in [7, 11) is 0. The van der Waals surface area contributed by atoms with Crippen LogP contribution in [0.3, 0.4) is 0 Å². The number of hydrogen-bond donors (Lipinski definition) is 2. The lowest BCUT2D eigenvalue weighted by Gasteiger charge is -2.35. The van der Waals surface area contributed by atoms with Crippen LogP contribution in [0.1, 0.15) is 26.3 Å². The van der Waals surface area contributed by atoms with Crippen molar-refractivity contribution < 1.29 is 9.69 Å². The summed E-state index contributed by atoms with van der Waals surface area (Å²) in [5, 5.41) is 12.2. The summed E-state index contributed by atoms with van der Waals surface area (Å²) in [5.41, 5.74) is 1.79. The first-order chi connectivity index (χ1) is 11.4. The van der Waals surface area contributed by atoms with E-state index in [9.17, 15) is 10.1 Å². The number of aryl methyl sites for hydroxylation is 1. The lowest BCUT2D eigenvalue weighted by Crippen LogP contribution is -3.16. The average Bonchev–Trinajstić information content (AvgIpc) is 2.55. The molecule has 0 aliphatic carbocycles. The van der Waals surface area contributed by atoms with Gasteiger partial charge in [0, 0.05) is 5.69 Å². The molecule has 1 amide bonds. The lowest BCUT2D eigenvalue weighted by molar-refractivity contribution is -0.892. The van der Waals surface area contributed by atoms with Crippen LogP contribution in [0.4, 0.5) is 5.69 Å². The van der Waals surface area contributed by atoms with Crippen LogP contribution in [0.2, 0.25) is 0 Å². The van der Waals surface area contributed by atoms with Gasteiger partial charge in [0.05, 0.1) is 32.2 Å². The highest BCUT2D eigenvalue weighted by Crippen LogP contribution is 2.19. The minimum atomic E-state index is -0.792. The third-order valence-electron chi connectivity index (χ3n) is 5.12. The minimum absolute atomic E-state index is 0.0351. The Labute approximate surface area is 145 Å². The number of quaternary nitrogens is 1. The Bertz CT molecular complexity index is 614. The van der Waals surface area contributed by atoms with Crippen molar-refractivity contribution in [3.8, 4) is 6.07 Å². The zero-order chi connectivity index (χ0) is 17.7. The van der Waals surface area contributed by atoms with Gasteiger partial charge >= 0.3 is 0 Å². The van der Waals surface area contributed by atoms with Crippen molar-refractivity contribution in [3.05, 3.63) is 29.8 Å². The SMILES string of the molecule is Cc1ccccc1N1CC[NH+](CC(=O)N[C@@](C)(C#N)C(C)C)CC1. The van der Waals surface area contributed by atoms with Gasteiger partial charge in [-0.2, -0.15) is 5.26 Å². The number of rotatable bonds is 5. The maximum absolute atomic E-state index is 12.3. The van der Waals surface area contributed by atoms with E-state index in [2.05, 4.69) is 47.5 Å². The van der Waals surface area contributed by atoms with E-state index >= 15 is 0 Å². The van der Waals surface area contributed by atoms with Crippen molar-refractivity contribution in [3.63, 3.8) is 0 Å². The summed E-state index contributed by atoms with van der Waals surface area (Å²) in [5.74, 6) is 0.0476. The van der Waals surface area contributed by atoms with E-state index in [4.69, 9.17) is 0 Å². The number of para-hydroxylation sites is 1. The summed E-state index contributed by atoms with van der Waals surface area (Å²) in [6, 6.07) is 10.7. The van der Waals surface area contributed by atoms with Crippen molar-refractivity contribution in [1.82, 2.24) is 5.32 Å². The molecular weight excluding hydrogens is 300 g/mol. The maximum atomic E-state index is 12.3. The first-order valence-electron chi connectivity index (χ1n) is 8.72. The van der Waals surface area contributed by atoms with Crippen LogP contribution in [-0.4, -0.2) is 44.2 Å². The molecular formula is C19H29N4O+. The Morgan fingerprint density at radius 3 is 2.54 bits per heavy atom. The van der Waals surface area contributed by atoms with Crippen molar-refractivity contribution in [2.45, 2.75) is 33.2 Å². The molecule has 1 heterocycles. The molecule has 0 radical (unpaired) electrons. The number of carbonyl (C=O) groups is 1. The summed E-state index contributed by atoms with van der Waals surface area (Å²) in [6.07, 6.45) is 0. The number of nitriles is 1. The molecule has 0 saturated carbocycles. The molecule has 5 nitrogen and oxygen atoms in total. The molecule has 0 spiro atoms. The summed E-state index contributed by atoms with van der Waals surface area (Å²) >= 11 is 0. The quantitative estimate of drug-likeness (QED) is 0.838. The van der Waals surface area contributed by atoms with Crippen LogP contribution in [0.5, 0.6) is 0 Å². The van der Waals surface area contributed by atoms with Crippen LogP contribution in [0, 0.1) is 24.2 Å². The summed E-state index contributed by atoms with van der Waals surface area (Å²) in [6.45, 7) is 12.1. The standard InChI is InChI=1S/C19H28N4O/c1-15(2)19(4,14-20)21-18(24)13-22-9-11-23(12-10-22)17-8-6-5-7-16(17)3/h5-8,15H,9-13H2,1-4H3,(H,21,24)/p+1/t19-/m0/s1. The molecule has 5 heteroatoms. The van der Waals surface area contributed by atoms with Crippen LogP contribution < -0.4 is 15.1 Å². The fourth-order valence-electron chi connectivity index (χ4n) is 3.02. The highest BCUT2D eigenvalue weighted by atomic mass is 16.2. The second-order valence-electron chi connectivity index (χ2n) is 7.22. The van der Waals surface area contributed by atoms with Gasteiger partial charge in [0.15, 0.2) is 6.54 Å². The highest BCUT2D eigenvalue weighted by molar-refractivity contribution is 5.78. The molecule has 1 aliphatic rings. The fraction of sp³-hybridized carbons (Fsp3) is 0.579. The van der Waals surface area contributed by atoms with Gasteiger partial charge in [-0.25, -0.2) is 0 Å². The molecule has 1 atom stereocenters. The van der Waals surface area contributed by atoms with Gasteiger partial charge in [-0.15, -0.1) is 0 Å². The van der Waals surface area contributed by atoms with Crippen molar-refractivity contribution >= 4 is 11.6 Å².